The smallest absolute Gasteiger partial charge is 0.231 e. The van der Waals surface area contributed by atoms with Gasteiger partial charge in [0.15, 0.2) is 11.5 Å². The molecule has 1 aliphatic heterocycles. The van der Waals surface area contributed by atoms with Crippen molar-refractivity contribution < 1.29 is 19.0 Å². The van der Waals surface area contributed by atoms with Crippen LogP contribution < -0.4 is 19.5 Å². The molecule has 0 aromatic heterocycles. The van der Waals surface area contributed by atoms with E-state index >= 15 is 0 Å². The van der Waals surface area contributed by atoms with E-state index in [9.17, 15) is 4.79 Å². The van der Waals surface area contributed by atoms with Crippen molar-refractivity contribution in [3.63, 3.8) is 0 Å². The van der Waals surface area contributed by atoms with Crippen LogP contribution in [0.5, 0.6) is 17.2 Å². The summed E-state index contributed by atoms with van der Waals surface area (Å²) in [6.45, 7) is 4.68. The van der Waals surface area contributed by atoms with Gasteiger partial charge in [0.2, 0.25) is 12.7 Å². The summed E-state index contributed by atoms with van der Waals surface area (Å²) in [4.78, 5) is 12.1. The number of fused-ring (bicyclic) bond motifs is 1. The predicted molar refractivity (Wildman–Crippen MR) is 95.2 cm³/mol. The Morgan fingerprint density at radius 1 is 1.16 bits per heavy atom. The molecule has 132 valence electrons. The lowest BCUT2D eigenvalue weighted by atomic mass is 10.1. The second kappa shape index (κ2) is 7.92. The summed E-state index contributed by atoms with van der Waals surface area (Å²) in [6.07, 6.45) is 1.09. The molecule has 1 amide bonds. The lowest BCUT2D eigenvalue weighted by Crippen LogP contribution is -2.36. The fourth-order valence-corrected chi connectivity index (χ4v) is 2.60. The van der Waals surface area contributed by atoms with Crippen LogP contribution in [0.4, 0.5) is 0 Å². The summed E-state index contributed by atoms with van der Waals surface area (Å²) in [5.41, 5.74) is 2.25. The maximum Gasteiger partial charge on any atom is 0.231 e. The Morgan fingerprint density at radius 3 is 2.72 bits per heavy atom. The van der Waals surface area contributed by atoms with Crippen LogP contribution in [-0.2, 0) is 11.2 Å². The zero-order chi connectivity index (χ0) is 17.6. The van der Waals surface area contributed by atoms with Gasteiger partial charge in [0.1, 0.15) is 12.4 Å². The maximum atomic E-state index is 12.1. The molecule has 0 radical (unpaired) electrons. The third-order valence-corrected chi connectivity index (χ3v) is 4.01. The van der Waals surface area contributed by atoms with Crippen molar-refractivity contribution in [3.05, 3.63) is 53.6 Å². The van der Waals surface area contributed by atoms with Gasteiger partial charge >= 0.3 is 0 Å². The molecule has 0 spiro atoms. The molecule has 0 unspecified atom stereocenters. The zero-order valence-electron chi connectivity index (χ0n) is 14.6. The van der Waals surface area contributed by atoms with Crippen LogP contribution in [0.3, 0.4) is 0 Å². The van der Waals surface area contributed by atoms with Crippen LogP contribution in [0.2, 0.25) is 0 Å². The number of amides is 1. The Labute approximate surface area is 147 Å². The fourth-order valence-electron chi connectivity index (χ4n) is 2.60. The Bertz CT molecular complexity index is 727. The van der Waals surface area contributed by atoms with Gasteiger partial charge in [-0.05, 0) is 50.1 Å². The third kappa shape index (κ3) is 4.89. The van der Waals surface area contributed by atoms with Crippen LogP contribution in [-0.4, -0.2) is 25.3 Å². The summed E-state index contributed by atoms with van der Waals surface area (Å²) in [7, 11) is 0. The van der Waals surface area contributed by atoms with Crippen LogP contribution in [0.25, 0.3) is 0 Å². The Balaban J connectivity index is 1.40. The van der Waals surface area contributed by atoms with Gasteiger partial charge in [0.25, 0.3) is 0 Å². The van der Waals surface area contributed by atoms with E-state index in [1.807, 2.05) is 56.3 Å². The van der Waals surface area contributed by atoms with Gasteiger partial charge in [-0.25, -0.2) is 0 Å². The Morgan fingerprint density at radius 2 is 1.92 bits per heavy atom. The minimum Gasteiger partial charge on any atom is -0.491 e. The number of ether oxygens (including phenoxy) is 3. The van der Waals surface area contributed by atoms with Crippen LogP contribution in [0, 0.1) is 6.92 Å². The molecule has 2 aromatic carbocycles. The maximum absolute atomic E-state index is 12.1. The number of carbonyl (C=O) groups is 1. The molecule has 25 heavy (non-hydrogen) atoms. The summed E-state index contributed by atoms with van der Waals surface area (Å²) < 4.78 is 16.3. The Kier molecular flexibility index (Phi) is 5.43. The number of aryl methyl sites for hydroxylation is 2. The summed E-state index contributed by atoms with van der Waals surface area (Å²) in [5.74, 6) is 2.33. The van der Waals surface area contributed by atoms with Crippen LogP contribution in [0.1, 0.15) is 24.5 Å². The van der Waals surface area contributed by atoms with Gasteiger partial charge in [0.05, 0.1) is 6.04 Å². The number of hydrogen-bond donors (Lipinski definition) is 1. The van der Waals surface area contributed by atoms with Gasteiger partial charge in [0, 0.05) is 6.42 Å². The number of carbonyl (C=O) groups excluding carboxylic acids is 1. The highest BCUT2D eigenvalue weighted by atomic mass is 16.7. The lowest BCUT2D eigenvalue weighted by Gasteiger charge is -2.15. The van der Waals surface area contributed by atoms with Gasteiger partial charge in [-0.1, -0.05) is 23.8 Å². The van der Waals surface area contributed by atoms with Crippen molar-refractivity contribution >= 4 is 5.91 Å². The van der Waals surface area contributed by atoms with E-state index in [0.29, 0.717) is 19.4 Å². The summed E-state index contributed by atoms with van der Waals surface area (Å²) in [6, 6.07) is 13.6. The minimum absolute atomic E-state index is 0.0117. The van der Waals surface area contributed by atoms with E-state index in [0.717, 1.165) is 22.8 Å². The molecule has 1 atom stereocenters. The number of benzene rings is 2. The molecule has 0 fully saturated rings. The van der Waals surface area contributed by atoms with Gasteiger partial charge in [-0.15, -0.1) is 0 Å². The van der Waals surface area contributed by atoms with Crippen molar-refractivity contribution in [1.82, 2.24) is 5.32 Å². The molecule has 2 aromatic rings. The number of nitrogens with one attached hydrogen (secondary N) is 1. The molecule has 0 saturated heterocycles. The SMILES string of the molecule is Cc1ccc(OC[C@H](C)NC(=O)CCc2ccc3c(c2)OCO3)cc1. The van der Waals surface area contributed by atoms with Crippen molar-refractivity contribution in [2.24, 2.45) is 0 Å². The second-order valence-corrected chi connectivity index (χ2v) is 6.28. The fraction of sp³-hybridized carbons (Fsp3) is 0.350. The molecule has 0 saturated carbocycles. The topological polar surface area (TPSA) is 56.8 Å². The molecular weight excluding hydrogens is 318 g/mol. The molecule has 3 rings (SSSR count). The van der Waals surface area contributed by atoms with E-state index in [-0.39, 0.29) is 18.7 Å². The first-order valence-corrected chi connectivity index (χ1v) is 8.47. The van der Waals surface area contributed by atoms with Crippen molar-refractivity contribution in [1.29, 1.82) is 0 Å². The van der Waals surface area contributed by atoms with Gasteiger partial charge in [-0.2, -0.15) is 0 Å². The molecule has 0 bridgehead atoms. The average Bonchev–Trinajstić information content (AvgIpc) is 3.07. The highest BCUT2D eigenvalue weighted by Gasteiger charge is 2.14. The monoisotopic (exact) mass is 341 g/mol. The summed E-state index contributed by atoms with van der Waals surface area (Å²) in [5, 5.41) is 2.96. The average molecular weight is 341 g/mol. The van der Waals surface area contributed by atoms with Gasteiger partial charge in [-0.3, -0.25) is 4.79 Å². The highest BCUT2D eigenvalue weighted by molar-refractivity contribution is 5.76. The lowest BCUT2D eigenvalue weighted by molar-refractivity contribution is -0.121. The quantitative estimate of drug-likeness (QED) is 0.840. The van der Waals surface area contributed by atoms with Crippen LogP contribution >= 0.6 is 0 Å². The van der Waals surface area contributed by atoms with E-state index in [2.05, 4.69) is 5.32 Å². The highest BCUT2D eigenvalue weighted by Crippen LogP contribution is 2.32. The van der Waals surface area contributed by atoms with Crippen molar-refractivity contribution in [3.8, 4) is 17.2 Å². The molecular formula is C20H23NO4. The van der Waals surface area contributed by atoms with Gasteiger partial charge < -0.3 is 19.5 Å². The molecule has 1 aliphatic rings. The molecule has 1 heterocycles. The van der Waals surface area contributed by atoms with E-state index in [4.69, 9.17) is 14.2 Å². The largest absolute Gasteiger partial charge is 0.491 e. The number of rotatable bonds is 7. The van der Waals surface area contributed by atoms with Crippen molar-refractivity contribution in [2.75, 3.05) is 13.4 Å². The minimum atomic E-state index is -0.0504. The first-order chi connectivity index (χ1) is 12.1. The first-order valence-electron chi connectivity index (χ1n) is 8.47. The third-order valence-electron chi connectivity index (χ3n) is 4.01. The standard InChI is InChI=1S/C20H23NO4/c1-14-3-7-17(8-4-14)23-12-15(2)21-20(22)10-6-16-5-9-18-19(11-16)25-13-24-18/h3-5,7-9,11,15H,6,10,12-13H2,1-2H3,(H,21,22)/t15-/m0/s1. The molecule has 1 N–H and O–H groups in total. The first kappa shape index (κ1) is 17.1. The Hall–Kier alpha value is -2.69. The van der Waals surface area contributed by atoms with E-state index in [1.165, 1.54) is 5.56 Å². The number of hydrogen-bond acceptors (Lipinski definition) is 4. The van der Waals surface area contributed by atoms with E-state index in [1.54, 1.807) is 0 Å². The molecule has 0 aliphatic carbocycles. The van der Waals surface area contributed by atoms with Crippen molar-refractivity contribution in [2.45, 2.75) is 32.7 Å². The van der Waals surface area contributed by atoms with Crippen LogP contribution in [0.15, 0.2) is 42.5 Å². The normalized spacial score (nSPS) is 13.4. The second-order valence-electron chi connectivity index (χ2n) is 6.28. The molecule has 5 nitrogen and oxygen atoms in total. The predicted octanol–water partition coefficient (Wildman–Crippen LogP) is 3.24. The summed E-state index contributed by atoms with van der Waals surface area (Å²) >= 11 is 0. The molecule has 5 heteroatoms. The van der Waals surface area contributed by atoms with E-state index < -0.39 is 0 Å². The zero-order valence-corrected chi connectivity index (χ0v) is 14.6.